The van der Waals surface area contributed by atoms with E-state index in [1.54, 1.807) is 6.34 Å². The molecule has 1 rings (SSSR count). The van der Waals surface area contributed by atoms with Crippen molar-refractivity contribution in [2.45, 2.75) is 77.5 Å². The van der Waals surface area contributed by atoms with Gasteiger partial charge in [-0.3, -0.25) is 14.7 Å². The van der Waals surface area contributed by atoms with Crippen molar-refractivity contribution in [3.8, 4) is 0 Å². The quantitative estimate of drug-likeness (QED) is 0.0457. The number of hydrogen-bond donors (Lipinski definition) is 2. The molecular weight excluding hydrogens is 540 g/mol. The molecule has 1 unspecified atom stereocenters. The number of rotatable bonds is 19. The van der Waals surface area contributed by atoms with Crippen LogP contribution in [0.25, 0.3) is 0 Å². The Morgan fingerprint density at radius 1 is 1.14 bits per heavy atom. The molecule has 8 nitrogen and oxygen atoms in total. The third-order valence-electron chi connectivity index (χ3n) is 6.73. The number of methoxy groups -OCH3 is 1. The zero-order chi connectivity index (χ0) is 32.3. The van der Waals surface area contributed by atoms with E-state index in [0.717, 1.165) is 17.6 Å². The van der Waals surface area contributed by atoms with Gasteiger partial charge in [0, 0.05) is 25.2 Å². The summed E-state index contributed by atoms with van der Waals surface area (Å²) in [6.07, 6.45) is 13.4. The van der Waals surface area contributed by atoms with Gasteiger partial charge in [-0.1, -0.05) is 74.2 Å². The van der Waals surface area contributed by atoms with Crippen LogP contribution in [0, 0.1) is 0 Å². The molecule has 0 aliphatic heterocycles. The molecule has 0 heterocycles. The maximum absolute atomic E-state index is 12.8. The number of nitrogens with zero attached hydrogens (tertiary/aromatic N) is 2. The molecule has 236 valence electrons. The molecule has 0 spiro atoms. The third kappa shape index (κ3) is 13.3. The number of carbonyl (C=O) groups is 2. The highest BCUT2D eigenvalue weighted by atomic mass is 16.6. The number of allylic oxidation sites excluding steroid dienone is 4. The van der Waals surface area contributed by atoms with Gasteiger partial charge >= 0.3 is 12.1 Å². The standard InChI is InChI=1S/C35H52N4O4/c1-10-13-14-16-20-28(4)35(23-11-2,30-21-17-15-18-22-30)38-27-37-29(5)26-31(32(40)42-9)39(12-3)25-19-24-36-33(41)43-34(6,7)8/h10-11,14-18,20-22,27,31H,1-2,5,12-13,19,23-26H2,3-4,6-9H3,(H,36,41)(H,37,38)/b16-14?,28-20+/t31-,35?/m0/s1. The van der Waals surface area contributed by atoms with Gasteiger partial charge in [-0.05, 0) is 64.6 Å². The largest absolute Gasteiger partial charge is 0.468 e. The van der Waals surface area contributed by atoms with Gasteiger partial charge in [0.25, 0.3) is 0 Å². The first kappa shape index (κ1) is 37.1. The summed E-state index contributed by atoms with van der Waals surface area (Å²) in [7, 11) is 1.38. The van der Waals surface area contributed by atoms with Crippen LogP contribution in [0.2, 0.25) is 0 Å². The third-order valence-corrected chi connectivity index (χ3v) is 6.73. The first-order valence-electron chi connectivity index (χ1n) is 14.8. The fourth-order valence-corrected chi connectivity index (χ4v) is 4.53. The van der Waals surface area contributed by atoms with Gasteiger partial charge in [0.05, 0.1) is 13.4 Å². The van der Waals surface area contributed by atoms with Gasteiger partial charge < -0.3 is 20.1 Å². The minimum atomic E-state index is -0.673. The zero-order valence-electron chi connectivity index (χ0n) is 27.0. The predicted molar refractivity (Wildman–Crippen MR) is 178 cm³/mol. The SMILES string of the molecule is C=CCC=C/C=C(\C)C(CC=C)(N=CNC(=C)C[C@@H](C(=O)OC)N(CC)CCCNC(=O)OC(C)(C)C)c1ccccc1. The van der Waals surface area contributed by atoms with E-state index in [1.165, 1.54) is 7.11 Å². The highest BCUT2D eigenvalue weighted by Gasteiger charge is 2.32. The molecule has 0 bridgehead atoms. The molecule has 2 atom stereocenters. The van der Waals surface area contributed by atoms with E-state index in [9.17, 15) is 9.59 Å². The number of carbonyl (C=O) groups excluding carboxylic acids is 2. The first-order chi connectivity index (χ1) is 20.4. The number of nitrogens with one attached hydrogen (secondary N) is 2. The fraction of sp³-hybridized carbons (Fsp3) is 0.457. The first-order valence-corrected chi connectivity index (χ1v) is 14.8. The molecule has 0 aromatic heterocycles. The summed E-state index contributed by atoms with van der Waals surface area (Å²) >= 11 is 0. The van der Waals surface area contributed by atoms with Crippen LogP contribution >= 0.6 is 0 Å². The Kier molecular flexibility index (Phi) is 16.7. The highest BCUT2D eigenvalue weighted by Crippen LogP contribution is 2.37. The molecular formula is C35H52N4O4. The van der Waals surface area contributed by atoms with Crippen LogP contribution < -0.4 is 10.6 Å². The van der Waals surface area contributed by atoms with Crippen LogP contribution in [0.1, 0.15) is 65.9 Å². The lowest BCUT2D eigenvalue weighted by molar-refractivity contribution is -0.147. The van der Waals surface area contributed by atoms with Gasteiger partial charge in [0.2, 0.25) is 0 Å². The maximum atomic E-state index is 12.8. The maximum Gasteiger partial charge on any atom is 0.407 e. The Balaban J connectivity index is 3.06. The minimum absolute atomic E-state index is 0.324. The van der Waals surface area contributed by atoms with Crippen LogP contribution in [0.15, 0.2) is 96.7 Å². The number of ether oxygens (including phenoxy) is 2. The molecule has 0 aliphatic rings. The van der Waals surface area contributed by atoms with E-state index in [-0.39, 0.29) is 5.97 Å². The lowest BCUT2D eigenvalue weighted by Gasteiger charge is -2.31. The number of hydrogen-bond acceptors (Lipinski definition) is 6. The topological polar surface area (TPSA) is 92.3 Å². The predicted octanol–water partition coefficient (Wildman–Crippen LogP) is 6.84. The number of alkyl carbamates (subject to hydrolysis) is 1. The molecule has 8 heteroatoms. The molecule has 0 saturated heterocycles. The van der Waals surface area contributed by atoms with Crippen molar-refractivity contribution in [2.24, 2.45) is 4.99 Å². The summed E-state index contributed by atoms with van der Waals surface area (Å²) in [4.78, 5) is 31.8. The van der Waals surface area contributed by atoms with E-state index < -0.39 is 23.3 Å². The van der Waals surface area contributed by atoms with Crippen molar-refractivity contribution in [3.63, 3.8) is 0 Å². The van der Waals surface area contributed by atoms with E-state index in [0.29, 0.717) is 44.6 Å². The number of benzene rings is 1. The second-order valence-electron chi connectivity index (χ2n) is 11.2. The Labute approximate surface area is 259 Å². The molecule has 0 radical (unpaired) electrons. The van der Waals surface area contributed by atoms with Crippen molar-refractivity contribution in [1.29, 1.82) is 0 Å². The Hall–Kier alpha value is -3.91. The van der Waals surface area contributed by atoms with E-state index in [1.807, 2.05) is 75.1 Å². The Bertz CT molecular complexity index is 1130. The second kappa shape index (κ2) is 19.3. The van der Waals surface area contributed by atoms with E-state index >= 15 is 0 Å². The molecule has 1 aromatic carbocycles. The number of likely N-dealkylation sites (N-methyl/N-ethyl adjacent to an activating group) is 1. The van der Waals surface area contributed by atoms with Crippen LogP contribution in [0.5, 0.6) is 0 Å². The van der Waals surface area contributed by atoms with Crippen molar-refractivity contribution >= 4 is 18.4 Å². The molecule has 0 fully saturated rings. The van der Waals surface area contributed by atoms with Crippen molar-refractivity contribution in [3.05, 3.63) is 97.3 Å². The number of aliphatic imine (C=N–C) groups is 1. The zero-order valence-corrected chi connectivity index (χ0v) is 27.0. The fourth-order valence-electron chi connectivity index (χ4n) is 4.53. The van der Waals surface area contributed by atoms with Gasteiger partial charge in [-0.2, -0.15) is 0 Å². The van der Waals surface area contributed by atoms with Gasteiger partial charge in [-0.15, -0.1) is 13.2 Å². The number of esters is 1. The van der Waals surface area contributed by atoms with Gasteiger partial charge in [-0.25, -0.2) is 4.79 Å². The van der Waals surface area contributed by atoms with Crippen LogP contribution in [-0.4, -0.2) is 61.7 Å². The van der Waals surface area contributed by atoms with E-state index in [2.05, 4.69) is 55.5 Å². The molecule has 1 aromatic rings. The van der Waals surface area contributed by atoms with Gasteiger partial charge in [0.1, 0.15) is 17.2 Å². The lowest BCUT2D eigenvalue weighted by atomic mass is 9.80. The molecule has 0 saturated carbocycles. The summed E-state index contributed by atoms with van der Waals surface area (Å²) in [5.41, 5.74) is 1.47. The summed E-state index contributed by atoms with van der Waals surface area (Å²) in [6, 6.07) is 9.55. The van der Waals surface area contributed by atoms with Crippen molar-refractivity contribution in [2.75, 3.05) is 26.7 Å². The van der Waals surface area contributed by atoms with E-state index in [4.69, 9.17) is 14.5 Å². The Morgan fingerprint density at radius 3 is 2.42 bits per heavy atom. The molecule has 0 aliphatic carbocycles. The van der Waals surface area contributed by atoms with Crippen LogP contribution in [-0.2, 0) is 19.8 Å². The smallest absolute Gasteiger partial charge is 0.407 e. The Morgan fingerprint density at radius 2 is 1.84 bits per heavy atom. The van der Waals surface area contributed by atoms with Gasteiger partial charge in [0.15, 0.2) is 0 Å². The monoisotopic (exact) mass is 592 g/mol. The minimum Gasteiger partial charge on any atom is -0.468 e. The normalized spacial score (nSPS) is 14.3. The number of amides is 1. The van der Waals surface area contributed by atoms with Crippen LogP contribution in [0.3, 0.4) is 0 Å². The second-order valence-corrected chi connectivity index (χ2v) is 11.2. The summed E-state index contributed by atoms with van der Waals surface area (Å²) in [6.45, 7) is 23.1. The molecule has 43 heavy (non-hydrogen) atoms. The average Bonchev–Trinajstić information content (AvgIpc) is 2.97. The average molecular weight is 593 g/mol. The molecule has 2 N–H and O–H groups in total. The summed E-state index contributed by atoms with van der Waals surface area (Å²) < 4.78 is 10.4. The van der Waals surface area contributed by atoms with Crippen LogP contribution in [0.4, 0.5) is 4.79 Å². The molecule has 1 amide bonds. The summed E-state index contributed by atoms with van der Waals surface area (Å²) in [5.74, 6) is -0.350. The van der Waals surface area contributed by atoms with Crippen molar-refractivity contribution in [1.82, 2.24) is 15.5 Å². The lowest BCUT2D eigenvalue weighted by Crippen LogP contribution is -2.44. The summed E-state index contributed by atoms with van der Waals surface area (Å²) in [5, 5.41) is 5.97. The van der Waals surface area contributed by atoms with Crippen molar-refractivity contribution < 1.29 is 19.1 Å². The highest BCUT2D eigenvalue weighted by molar-refractivity contribution is 5.76.